The first-order valence-corrected chi connectivity index (χ1v) is 7.86. The number of aromatic nitrogens is 2. The Balaban J connectivity index is 1.78. The molecule has 138 valence electrons. The molecule has 0 bridgehead atoms. The lowest BCUT2D eigenvalue weighted by molar-refractivity contribution is 0.300. The minimum atomic E-state index is -0.740. The van der Waals surface area contributed by atoms with Crippen LogP contribution in [0.5, 0.6) is 0 Å². The van der Waals surface area contributed by atoms with Gasteiger partial charge in [0.1, 0.15) is 11.9 Å². The molecule has 0 spiro atoms. The lowest BCUT2D eigenvalue weighted by Gasteiger charge is -2.16. The fraction of sp³-hybridized carbons (Fsp3) is 0.0556. The van der Waals surface area contributed by atoms with Crippen LogP contribution in [0.15, 0.2) is 47.1 Å². The van der Waals surface area contributed by atoms with Crippen molar-refractivity contribution < 1.29 is 14.2 Å². The molecule has 0 atom stereocenters. The van der Waals surface area contributed by atoms with Crippen molar-refractivity contribution in [3.8, 4) is 12.1 Å². The minimum absolute atomic E-state index is 0.00128. The van der Waals surface area contributed by atoms with E-state index in [9.17, 15) is 9.60 Å². The van der Waals surface area contributed by atoms with Crippen molar-refractivity contribution in [1.29, 1.82) is 15.9 Å². The minimum Gasteiger partial charge on any atom is -0.361 e. The zero-order chi connectivity index (χ0) is 20.1. The Bertz CT molecular complexity index is 1110. The molecule has 0 radical (unpaired) electrons. The number of nitrogens with one attached hydrogen (secondary N) is 2. The van der Waals surface area contributed by atoms with Crippen molar-refractivity contribution >= 4 is 17.3 Å². The number of rotatable bonds is 5. The monoisotopic (exact) mass is 377 g/mol. The van der Waals surface area contributed by atoms with Gasteiger partial charge in [-0.25, -0.2) is 14.1 Å². The van der Waals surface area contributed by atoms with Crippen molar-refractivity contribution in [2.24, 2.45) is 0 Å². The van der Waals surface area contributed by atoms with Crippen LogP contribution in [0.1, 0.15) is 22.4 Å². The number of amidine groups is 1. The lowest BCUT2D eigenvalue weighted by Crippen LogP contribution is -2.28. The maximum Gasteiger partial charge on any atom is 0.202 e. The molecule has 10 heteroatoms. The van der Waals surface area contributed by atoms with E-state index in [4.69, 9.17) is 15.9 Å². The van der Waals surface area contributed by atoms with Gasteiger partial charge in [-0.05, 0) is 46.2 Å². The summed E-state index contributed by atoms with van der Waals surface area (Å²) >= 11 is 0. The third kappa shape index (κ3) is 3.77. The molecule has 0 saturated carbocycles. The molecule has 0 amide bonds. The van der Waals surface area contributed by atoms with E-state index in [0.29, 0.717) is 10.6 Å². The van der Waals surface area contributed by atoms with Gasteiger partial charge in [-0.1, -0.05) is 12.1 Å². The smallest absolute Gasteiger partial charge is 0.202 e. The second kappa shape index (κ2) is 7.95. The van der Waals surface area contributed by atoms with Gasteiger partial charge in [0.15, 0.2) is 11.5 Å². The lowest BCUT2D eigenvalue weighted by atomic mass is 10.1. The van der Waals surface area contributed by atoms with Gasteiger partial charge < -0.3 is 5.32 Å². The van der Waals surface area contributed by atoms with Crippen LogP contribution in [-0.4, -0.2) is 21.4 Å². The van der Waals surface area contributed by atoms with E-state index in [1.807, 2.05) is 6.07 Å². The summed E-state index contributed by atoms with van der Waals surface area (Å²) in [5.41, 5.74) is 0.910. The van der Waals surface area contributed by atoms with Crippen LogP contribution in [0.3, 0.4) is 0 Å². The molecule has 3 N–H and O–H groups in total. The average molecular weight is 377 g/mol. The first-order valence-electron chi connectivity index (χ1n) is 7.86. The molecule has 9 nitrogen and oxygen atoms in total. The van der Waals surface area contributed by atoms with Crippen molar-refractivity contribution in [1.82, 2.24) is 10.3 Å². The summed E-state index contributed by atoms with van der Waals surface area (Å²) in [5, 5.41) is 46.8. The summed E-state index contributed by atoms with van der Waals surface area (Å²) in [6.07, 6.45) is 0. The maximum atomic E-state index is 13.4. The fourth-order valence-corrected chi connectivity index (χ4v) is 2.36. The Kier molecular flexibility index (Phi) is 5.25. The standard InChI is InChI=1S/C18H12FN7O2/c19-15-5-4-14(7-13(15)9-21)26(27)17(22)16-18(25-28-24-16)23-10-12-3-1-2-11(6-12)8-20/h1-7,22,27H,10H2,(H,23,25). The quantitative estimate of drug-likeness (QED) is 0.349. The topological polar surface area (TPSA) is 146 Å². The Labute approximate surface area is 158 Å². The number of nitriles is 2. The van der Waals surface area contributed by atoms with Gasteiger partial charge in [0.2, 0.25) is 5.82 Å². The molecule has 0 aliphatic heterocycles. The Morgan fingerprint density at radius 3 is 2.79 bits per heavy atom. The number of hydroxylamine groups is 1. The van der Waals surface area contributed by atoms with Crippen LogP contribution < -0.4 is 10.4 Å². The van der Waals surface area contributed by atoms with E-state index in [0.717, 1.165) is 17.7 Å². The number of hydrogen-bond acceptors (Lipinski definition) is 8. The molecule has 0 saturated heterocycles. The highest BCUT2D eigenvalue weighted by molar-refractivity contribution is 6.07. The van der Waals surface area contributed by atoms with Crippen LogP contribution in [-0.2, 0) is 6.54 Å². The average Bonchev–Trinajstić information content (AvgIpc) is 3.20. The Hall–Kier alpha value is -4.28. The van der Waals surface area contributed by atoms with E-state index in [2.05, 4.69) is 20.3 Å². The molecule has 3 aromatic rings. The SMILES string of the molecule is N#Cc1cccc(CNc2nonc2C(=N)N(O)c2ccc(F)c(C#N)c2)c1. The highest BCUT2D eigenvalue weighted by Crippen LogP contribution is 2.21. The van der Waals surface area contributed by atoms with Crippen LogP contribution >= 0.6 is 0 Å². The van der Waals surface area contributed by atoms with Gasteiger partial charge in [-0.15, -0.1) is 0 Å². The molecule has 1 aromatic heterocycles. The van der Waals surface area contributed by atoms with Crippen molar-refractivity contribution in [2.45, 2.75) is 6.54 Å². The maximum absolute atomic E-state index is 13.4. The third-order valence-electron chi connectivity index (χ3n) is 3.76. The molecular weight excluding hydrogens is 365 g/mol. The van der Waals surface area contributed by atoms with Crippen LogP contribution in [0.4, 0.5) is 15.9 Å². The van der Waals surface area contributed by atoms with Crippen LogP contribution in [0.2, 0.25) is 0 Å². The van der Waals surface area contributed by atoms with Crippen LogP contribution in [0, 0.1) is 33.9 Å². The van der Waals surface area contributed by atoms with Gasteiger partial charge in [0.25, 0.3) is 0 Å². The molecule has 0 fully saturated rings. The number of anilines is 2. The highest BCUT2D eigenvalue weighted by atomic mass is 19.1. The summed E-state index contributed by atoms with van der Waals surface area (Å²) in [4.78, 5) is 0. The normalized spacial score (nSPS) is 10.0. The van der Waals surface area contributed by atoms with Crippen molar-refractivity contribution in [3.63, 3.8) is 0 Å². The largest absolute Gasteiger partial charge is 0.361 e. The molecule has 3 rings (SSSR count). The van der Waals surface area contributed by atoms with Gasteiger partial charge in [-0.3, -0.25) is 10.6 Å². The van der Waals surface area contributed by atoms with Gasteiger partial charge in [-0.2, -0.15) is 10.5 Å². The molecule has 2 aromatic carbocycles. The van der Waals surface area contributed by atoms with E-state index < -0.39 is 11.7 Å². The summed E-state index contributed by atoms with van der Waals surface area (Å²) in [5.74, 6) is -1.14. The van der Waals surface area contributed by atoms with Gasteiger partial charge >= 0.3 is 0 Å². The number of halogens is 1. The first-order chi connectivity index (χ1) is 13.5. The Morgan fingerprint density at radius 2 is 2.04 bits per heavy atom. The second-order valence-corrected chi connectivity index (χ2v) is 5.56. The van der Waals surface area contributed by atoms with Gasteiger partial charge in [0, 0.05) is 6.54 Å². The van der Waals surface area contributed by atoms with E-state index in [-0.39, 0.29) is 29.3 Å². The molecule has 1 heterocycles. The zero-order valence-electron chi connectivity index (χ0n) is 14.2. The van der Waals surface area contributed by atoms with Crippen molar-refractivity contribution in [2.75, 3.05) is 10.4 Å². The number of benzene rings is 2. The van der Waals surface area contributed by atoms with E-state index in [1.54, 1.807) is 30.3 Å². The first kappa shape index (κ1) is 18.5. The zero-order valence-corrected chi connectivity index (χ0v) is 14.2. The highest BCUT2D eigenvalue weighted by Gasteiger charge is 2.22. The predicted octanol–water partition coefficient (Wildman–Crippen LogP) is 2.79. The molecule has 0 unspecified atom stereocenters. The van der Waals surface area contributed by atoms with E-state index >= 15 is 0 Å². The number of hydrogen-bond donors (Lipinski definition) is 3. The Morgan fingerprint density at radius 1 is 1.21 bits per heavy atom. The predicted molar refractivity (Wildman–Crippen MR) is 95.0 cm³/mol. The second-order valence-electron chi connectivity index (χ2n) is 5.56. The summed E-state index contributed by atoms with van der Waals surface area (Å²) in [7, 11) is 0. The molecule has 0 aliphatic carbocycles. The molecule has 28 heavy (non-hydrogen) atoms. The van der Waals surface area contributed by atoms with Crippen molar-refractivity contribution in [3.05, 3.63) is 70.7 Å². The molecular formula is C18H12FN7O2. The van der Waals surface area contributed by atoms with E-state index in [1.165, 1.54) is 6.07 Å². The summed E-state index contributed by atoms with van der Waals surface area (Å²) in [6, 6.07) is 13.9. The van der Waals surface area contributed by atoms with Gasteiger partial charge in [0.05, 0.1) is 22.9 Å². The fourth-order valence-electron chi connectivity index (χ4n) is 2.36. The number of nitrogens with zero attached hydrogens (tertiary/aromatic N) is 5. The summed E-state index contributed by atoms with van der Waals surface area (Å²) < 4.78 is 18.1. The molecule has 0 aliphatic rings. The third-order valence-corrected chi connectivity index (χ3v) is 3.76. The summed E-state index contributed by atoms with van der Waals surface area (Å²) in [6.45, 7) is 0.268. The van der Waals surface area contributed by atoms with Crippen LogP contribution in [0.25, 0.3) is 0 Å².